The van der Waals surface area contributed by atoms with E-state index in [0.717, 1.165) is 11.8 Å². The molecule has 31 heavy (non-hydrogen) atoms. The molecule has 10 heteroatoms. The number of thiocarbonyl (C=S) groups is 1. The number of carbonyl (C=O) groups excluding carboxylic acids is 3. The molecule has 0 unspecified atom stereocenters. The molecular weight excluding hydrogens is 441 g/mol. The molecule has 0 radical (unpaired) electrons. The molecule has 3 amide bonds. The Morgan fingerprint density at radius 2 is 1.87 bits per heavy atom. The van der Waals surface area contributed by atoms with E-state index in [1.807, 2.05) is 0 Å². The van der Waals surface area contributed by atoms with Crippen LogP contribution in [0.4, 0.5) is 4.39 Å². The van der Waals surface area contributed by atoms with Gasteiger partial charge >= 0.3 is 0 Å². The molecule has 1 aliphatic rings. The predicted octanol–water partition coefficient (Wildman–Crippen LogP) is 2.89. The van der Waals surface area contributed by atoms with Crippen LogP contribution in [0.1, 0.15) is 22.3 Å². The van der Waals surface area contributed by atoms with Crippen molar-refractivity contribution in [2.45, 2.75) is 6.42 Å². The summed E-state index contributed by atoms with van der Waals surface area (Å²) in [6, 6.07) is 12.7. The zero-order valence-corrected chi connectivity index (χ0v) is 18.0. The van der Waals surface area contributed by atoms with Crippen molar-refractivity contribution in [2.75, 3.05) is 13.7 Å². The quantitative estimate of drug-likeness (QED) is 0.392. The molecule has 3 rings (SSSR count). The number of ether oxygens (including phenoxy) is 1. The minimum Gasteiger partial charge on any atom is -0.496 e. The van der Waals surface area contributed by atoms with Crippen molar-refractivity contribution in [1.82, 2.24) is 15.8 Å². The number of carbonyl (C=O) groups is 3. The van der Waals surface area contributed by atoms with Crippen molar-refractivity contribution in [2.24, 2.45) is 0 Å². The van der Waals surface area contributed by atoms with E-state index in [2.05, 4.69) is 10.9 Å². The minimum atomic E-state index is -0.538. The van der Waals surface area contributed by atoms with Gasteiger partial charge in [0, 0.05) is 18.5 Å². The van der Waals surface area contributed by atoms with Crippen LogP contribution in [0.3, 0.4) is 0 Å². The van der Waals surface area contributed by atoms with Gasteiger partial charge in [-0.2, -0.15) is 0 Å². The summed E-state index contributed by atoms with van der Waals surface area (Å²) < 4.78 is 19.2. The highest BCUT2D eigenvalue weighted by Gasteiger charge is 2.32. The molecule has 0 aromatic heterocycles. The smallest absolute Gasteiger partial charge is 0.273 e. The van der Waals surface area contributed by atoms with Gasteiger partial charge in [-0.1, -0.05) is 54.3 Å². The first kappa shape index (κ1) is 22.4. The Hall–Kier alpha value is -3.24. The van der Waals surface area contributed by atoms with Crippen LogP contribution in [0.2, 0.25) is 0 Å². The molecule has 0 spiro atoms. The van der Waals surface area contributed by atoms with Crippen molar-refractivity contribution >= 4 is 52.1 Å². The number of nitrogens with one attached hydrogen (secondary N) is 2. The van der Waals surface area contributed by atoms with E-state index in [4.69, 9.17) is 17.0 Å². The van der Waals surface area contributed by atoms with Gasteiger partial charge < -0.3 is 4.74 Å². The molecular formula is C21H18FN3O4S2. The van der Waals surface area contributed by atoms with Gasteiger partial charge in [0.1, 0.15) is 15.9 Å². The Morgan fingerprint density at radius 3 is 2.61 bits per heavy atom. The summed E-state index contributed by atoms with van der Waals surface area (Å²) in [6.45, 7) is 0.0235. The van der Waals surface area contributed by atoms with E-state index in [9.17, 15) is 18.8 Å². The first-order valence-corrected chi connectivity index (χ1v) is 10.3. The van der Waals surface area contributed by atoms with Crippen LogP contribution in [-0.4, -0.2) is 40.6 Å². The number of methoxy groups -OCH3 is 1. The molecule has 7 nitrogen and oxygen atoms in total. The molecule has 2 aromatic carbocycles. The Morgan fingerprint density at radius 1 is 1.16 bits per heavy atom. The Kier molecular flexibility index (Phi) is 7.37. The van der Waals surface area contributed by atoms with Crippen LogP contribution >= 0.6 is 24.0 Å². The number of thioether (sulfide) groups is 1. The lowest BCUT2D eigenvalue weighted by atomic mass is 10.2. The topological polar surface area (TPSA) is 87.7 Å². The molecule has 1 aliphatic heterocycles. The number of amides is 3. The molecule has 2 aromatic rings. The largest absolute Gasteiger partial charge is 0.496 e. The average Bonchev–Trinajstić information content (AvgIpc) is 3.04. The maximum absolute atomic E-state index is 13.8. The van der Waals surface area contributed by atoms with Crippen molar-refractivity contribution in [3.05, 3.63) is 70.4 Å². The third kappa shape index (κ3) is 5.47. The van der Waals surface area contributed by atoms with Gasteiger partial charge in [0.2, 0.25) is 5.91 Å². The number of hydrogen-bond donors (Lipinski definition) is 2. The van der Waals surface area contributed by atoms with Crippen LogP contribution in [-0.2, 0) is 9.59 Å². The highest BCUT2D eigenvalue weighted by atomic mass is 32.2. The average molecular weight is 460 g/mol. The molecule has 2 N–H and O–H groups in total. The molecule has 160 valence electrons. The van der Waals surface area contributed by atoms with E-state index in [-0.39, 0.29) is 33.3 Å². The molecule has 0 atom stereocenters. The predicted molar refractivity (Wildman–Crippen MR) is 119 cm³/mol. The van der Waals surface area contributed by atoms with Crippen molar-refractivity contribution in [1.29, 1.82) is 0 Å². The van der Waals surface area contributed by atoms with E-state index in [0.29, 0.717) is 5.75 Å². The van der Waals surface area contributed by atoms with Gasteiger partial charge in [-0.05, 0) is 24.3 Å². The van der Waals surface area contributed by atoms with E-state index >= 15 is 0 Å². The molecule has 0 saturated carbocycles. The fourth-order valence-corrected chi connectivity index (χ4v) is 4.03. The lowest BCUT2D eigenvalue weighted by molar-refractivity contribution is -0.124. The van der Waals surface area contributed by atoms with Gasteiger partial charge in [-0.15, -0.1) is 0 Å². The zero-order chi connectivity index (χ0) is 22.4. The van der Waals surface area contributed by atoms with Crippen LogP contribution in [0, 0.1) is 5.82 Å². The maximum Gasteiger partial charge on any atom is 0.273 e. The third-order valence-corrected chi connectivity index (χ3v) is 5.67. The van der Waals surface area contributed by atoms with Crippen molar-refractivity contribution < 1.29 is 23.5 Å². The molecule has 1 heterocycles. The lowest BCUT2D eigenvalue weighted by Crippen LogP contribution is -2.43. The Bertz CT molecular complexity index is 1070. The summed E-state index contributed by atoms with van der Waals surface area (Å²) in [5, 5.41) is 0. The fourth-order valence-electron chi connectivity index (χ4n) is 2.73. The number of rotatable bonds is 6. The maximum atomic E-state index is 13.8. The monoisotopic (exact) mass is 459 g/mol. The number of hydrogen-bond acceptors (Lipinski definition) is 6. The van der Waals surface area contributed by atoms with E-state index in [1.54, 1.807) is 42.5 Å². The summed E-state index contributed by atoms with van der Waals surface area (Å²) >= 11 is 6.26. The molecule has 0 aliphatic carbocycles. The van der Waals surface area contributed by atoms with Crippen molar-refractivity contribution in [3.63, 3.8) is 0 Å². The van der Waals surface area contributed by atoms with Crippen molar-refractivity contribution in [3.8, 4) is 5.75 Å². The van der Waals surface area contributed by atoms with Crippen LogP contribution in [0.5, 0.6) is 5.75 Å². The Labute approximate surface area is 187 Å². The minimum absolute atomic E-state index is 0.0235. The van der Waals surface area contributed by atoms with Gasteiger partial charge in [0.15, 0.2) is 0 Å². The van der Waals surface area contributed by atoms with Crippen LogP contribution < -0.4 is 15.6 Å². The summed E-state index contributed by atoms with van der Waals surface area (Å²) in [7, 11) is 1.44. The highest BCUT2D eigenvalue weighted by molar-refractivity contribution is 8.26. The summed E-state index contributed by atoms with van der Waals surface area (Å²) in [5.74, 6) is -1.52. The molecule has 1 saturated heterocycles. The normalized spacial score (nSPS) is 14.6. The molecule has 1 fully saturated rings. The Balaban J connectivity index is 1.54. The summed E-state index contributed by atoms with van der Waals surface area (Å²) in [4.78, 5) is 38.4. The first-order valence-electron chi connectivity index (χ1n) is 9.13. The second-order valence-electron chi connectivity index (χ2n) is 6.31. The molecule has 0 bridgehead atoms. The standard InChI is InChI=1S/C21H18FN3O4S2/c1-29-16-9-5-3-7-14(16)19(27)24-23-18(26)10-11-25-20(28)17(31-21(25)30)12-13-6-2-4-8-15(13)22/h2-9,12H,10-11H2,1H3,(H,23,26)(H,24,27)/b17-12-. The second-order valence-corrected chi connectivity index (χ2v) is 7.98. The number of benzene rings is 2. The number of nitrogens with zero attached hydrogens (tertiary/aromatic N) is 1. The lowest BCUT2D eigenvalue weighted by Gasteiger charge is -2.14. The van der Waals surface area contributed by atoms with Gasteiger partial charge in [-0.25, -0.2) is 4.39 Å². The first-order chi connectivity index (χ1) is 14.9. The third-order valence-electron chi connectivity index (χ3n) is 4.29. The van der Waals surface area contributed by atoms with Gasteiger partial charge in [0.25, 0.3) is 11.8 Å². The zero-order valence-electron chi connectivity index (χ0n) is 16.4. The number of hydrazine groups is 1. The second kappa shape index (κ2) is 10.2. The number of halogens is 1. The van der Waals surface area contributed by atoms with E-state index in [1.165, 1.54) is 24.2 Å². The van der Waals surface area contributed by atoms with Crippen LogP contribution in [0.15, 0.2) is 53.4 Å². The highest BCUT2D eigenvalue weighted by Crippen LogP contribution is 2.32. The fraction of sp³-hybridized carbons (Fsp3) is 0.143. The van der Waals surface area contributed by atoms with Gasteiger partial charge in [-0.3, -0.25) is 30.1 Å². The SMILES string of the molecule is COc1ccccc1C(=O)NNC(=O)CCN1C(=O)/C(=C/c2ccccc2F)SC1=S. The van der Waals surface area contributed by atoms with E-state index < -0.39 is 23.5 Å². The summed E-state index contributed by atoms with van der Waals surface area (Å²) in [5.41, 5.74) is 5.15. The van der Waals surface area contributed by atoms with Crippen LogP contribution in [0.25, 0.3) is 6.08 Å². The summed E-state index contributed by atoms with van der Waals surface area (Å²) in [6.07, 6.45) is 1.34. The number of para-hydroxylation sites is 1. The van der Waals surface area contributed by atoms with Gasteiger partial charge in [0.05, 0.1) is 17.6 Å².